The van der Waals surface area contributed by atoms with E-state index in [-0.39, 0.29) is 5.54 Å². The highest BCUT2D eigenvalue weighted by Gasteiger charge is 2.31. The zero-order valence-corrected chi connectivity index (χ0v) is 12.1. The predicted molar refractivity (Wildman–Crippen MR) is 78.0 cm³/mol. The van der Waals surface area contributed by atoms with Crippen molar-refractivity contribution < 1.29 is 0 Å². The Hall–Kier alpha value is -0.380. The average Bonchev–Trinajstić information content (AvgIpc) is 2.98. The molecular formula is C15H24N2S. The van der Waals surface area contributed by atoms with Gasteiger partial charge in [-0.1, -0.05) is 12.8 Å². The van der Waals surface area contributed by atoms with E-state index in [1.165, 1.54) is 51.6 Å². The molecule has 0 aromatic carbocycles. The molecule has 1 aromatic heterocycles. The van der Waals surface area contributed by atoms with Crippen LogP contribution in [0.3, 0.4) is 0 Å². The molecule has 2 aliphatic rings. The fourth-order valence-electron chi connectivity index (χ4n) is 3.56. The first-order valence-electron chi connectivity index (χ1n) is 7.27. The van der Waals surface area contributed by atoms with Crippen LogP contribution in [0.15, 0.2) is 11.4 Å². The van der Waals surface area contributed by atoms with Crippen molar-refractivity contribution in [1.82, 2.24) is 4.90 Å². The minimum absolute atomic E-state index is 0.147. The third-order valence-electron chi connectivity index (χ3n) is 4.90. The zero-order chi connectivity index (χ0) is 12.6. The van der Waals surface area contributed by atoms with Gasteiger partial charge < -0.3 is 5.73 Å². The molecule has 100 valence electrons. The highest BCUT2D eigenvalue weighted by atomic mass is 32.1. The van der Waals surface area contributed by atoms with Gasteiger partial charge >= 0.3 is 0 Å². The van der Waals surface area contributed by atoms with Gasteiger partial charge in [0.25, 0.3) is 0 Å². The number of fused-ring (bicyclic) bond motifs is 1. The van der Waals surface area contributed by atoms with Crippen molar-refractivity contribution in [1.29, 1.82) is 0 Å². The highest BCUT2D eigenvalue weighted by Crippen LogP contribution is 2.35. The molecule has 1 saturated carbocycles. The first-order chi connectivity index (χ1) is 8.68. The third kappa shape index (κ3) is 2.36. The van der Waals surface area contributed by atoms with Gasteiger partial charge in [-0.25, -0.2) is 0 Å². The van der Waals surface area contributed by atoms with Crippen molar-refractivity contribution in [3.63, 3.8) is 0 Å². The summed E-state index contributed by atoms with van der Waals surface area (Å²) in [5.41, 5.74) is 8.18. The molecule has 1 unspecified atom stereocenters. The minimum atomic E-state index is 0.147. The quantitative estimate of drug-likeness (QED) is 0.907. The first-order valence-corrected chi connectivity index (χ1v) is 8.15. The second-order valence-corrected chi connectivity index (χ2v) is 7.08. The molecule has 0 saturated heterocycles. The Labute approximate surface area is 114 Å². The number of nitrogens with zero attached hydrogens (tertiary/aromatic N) is 1. The van der Waals surface area contributed by atoms with Gasteiger partial charge in [0, 0.05) is 29.5 Å². The van der Waals surface area contributed by atoms with Crippen molar-refractivity contribution in [3.05, 3.63) is 21.9 Å². The maximum absolute atomic E-state index is 6.47. The molecule has 1 aromatic rings. The van der Waals surface area contributed by atoms with Crippen molar-refractivity contribution in [2.45, 2.75) is 57.0 Å². The van der Waals surface area contributed by atoms with E-state index in [4.69, 9.17) is 5.73 Å². The number of rotatable bonds is 3. The summed E-state index contributed by atoms with van der Waals surface area (Å²) < 4.78 is 0. The van der Waals surface area contributed by atoms with Gasteiger partial charge in [-0.2, -0.15) is 0 Å². The zero-order valence-electron chi connectivity index (χ0n) is 11.3. The van der Waals surface area contributed by atoms with Crippen molar-refractivity contribution in [2.24, 2.45) is 5.73 Å². The lowest BCUT2D eigenvalue weighted by Gasteiger charge is -2.36. The normalized spacial score (nSPS) is 27.3. The van der Waals surface area contributed by atoms with Crippen LogP contribution in [-0.4, -0.2) is 23.5 Å². The van der Waals surface area contributed by atoms with Crippen LogP contribution in [0, 0.1) is 0 Å². The summed E-state index contributed by atoms with van der Waals surface area (Å²) in [5, 5.41) is 2.24. The molecule has 2 heterocycles. The summed E-state index contributed by atoms with van der Waals surface area (Å²) in [6.07, 6.45) is 7.55. The first kappa shape index (κ1) is 12.6. The van der Waals surface area contributed by atoms with Crippen LogP contribution in [0.2, 0.25) is 0 Å². The summed E-state index contributed by atoms with van der Waals surface area (Å²) in [7, 11) is 0. The highest BCUT2D eigenvalue weighted by molar-refractivity contribution is 7.10. The molecule has 1 aliphatic carbocycles. The fourth-order valence-corrected chi connectivity index (χ4v) is 4.53. The van der Waals surface area contributed by atoms with E-state index < -0.39 is 0 Å². The Bertz CT molecular complexity index is 406. The monoisotopic (exact) mass is 264 g/mol. The lowest BCUT2D eigenvalue weighted by atomic mass is 9.93. The van der Waals surface area contributed by atoms with E-state index in [1.54, 1.807) is 10.4 Å². The smallest absolute Gasteiger partial charge is 0.0331 e. The molecule has 0 radical (unpaired) electrons. The van der Waals surface area contributed by atoms with E-state index in [9.17, 15) is 0 Å². The molecule has 2 N–H and O–H groups in total. The Morgan fingerprint density at radius 2 is 2.22 bits per heavy atom. The molecule has 1 aliphatic heterocycles. The Morgan fingerprint density at radius 3 is 3.00 bits per heavy atom. The van der Waals surface area contributed by atoms with E-state index in [0.29, 0.717) is 6.04 Å². The van der Waals surface area contributed by atoms with E-state index in [2.05, 4.69) is 23.3 Å². The van der Waals surface area contributed by atoms with Crippen LogP contribution in [0.4, 0.5) is 0 Å². The number of thiophene rings is 1. The lowest BCUT2D eigenvalue weighted by molar-refractivity contribution is 0.179. The Balaban J connectivity index is 1.61. The molecule has 0 bridgehead atoms. The summed E-state index contributed by atoms with van der Waals surface area (Å²) in [4.78, 5) is 4.23. The standard InChI is InChI=1S/C15H24N2S/c1-12-13-5-11-18-14(13)4-9-17(12)10-8-15(16)6-2-3-7-15/h5,11-12H,2-4,6-10,16H2,1H3. The summed E-state index contributed by atoms with van der Waals surface area (Å²) in [6.45, 7) is 4.74. The van der Waals surface area contributed by atoms with Gasteiger partial charge in [-0.05, 0) is 49.6 Å². The van der Waals surface area contributed by atoms with Crippen LogP contribution in [0.1, 0.15) is 55.5 Å². The maximum atomic E-state index is 6.47. The van der Waals surface area contributed by atoms with Crippen LogP contribution in [-0.2, 0) is 6.42 Å². The van der Waals surface area contributed by atoms with Gasteiger partial charge in [0.2, 0.25) is 0 Å². The molecule has 1 atom stereocenters. The SMILES string of the molecule is CC1c2ccsc2CCN1CCC1(N)CCCC1. The van der Waals surface area contributed by atoms with Crippen molar-refractivity contribution in [3.8, 4) is 0 Å². The van der Waals surface area contributed by atoms with Crippen molar-refractivity contribution in [2.75, 3.05) is 13.1 Å². The van der Waals surface area contributed by atoms with Gasteiger partial charge in [0.05, 0.1) is 0 Å². The predicted octanol–water partition coefficient (Wildman–Crippen LogP) is 3.33. The van der Waals surface area contributed by atoms with Crippen LogP contribution in [0.25, 0.3) is 0 Å². The molecule has 2 nitrogen and oxygen atoms in total. The molecule has 0 amide bonds. The molecule has 1 fully saturated rings. The van der Waals surface area contributed by atoms with Crippen LogP contribution >= 0.6 is 11.3 Å². The number of hydrogen-bond acceptors (Lipinski definition) is 3. The molecular weight excluding hydrogens is 240 g/mol. The van der Waals surface area contributed by atoms with Gasteiger partial charge in [-0.3, -0.25) is 4.90 Å². The lowest BCUT2D eigenvalue weighted by Crippen LogP contribution is -2.42. The largest absolute Gasteiger partial charge is 0.325 e. The van der Waals surface area contributed by atoms with Gasteiger partial charge in [0.15, 0.2) is 0 Å². The van der Waals surface area contributed by atoms with Gasteiger partial charge in [-0.15, -0.1) is 11.3 Å². The molecule has 3 heteroatoms. The second kappa shape index (κ2) is 4.95. The van der Waals surface area contributed by atoms with E-state index in [0.717, 1.165) is 0 Å². The Kier molecular flexibility index (Phi) is 3.48. The van der Waals surface area contributed by atoms with Crippen molar-refractivity contribution >= 4 is 11.3 Å². The van der Waals surface area contributed by atoms with Crippen LogP contribution in [0.5, 0.6) is 0 Å². The minimum Gasteiger partial charge on any atom is -0.325 e. The fraction of sp³-hybridized carbons (Fsp3) is 0.733. The topological polar surface area (TPSA) is 29.3 Å². The molecule has 18 heavy (non-hydrogen) atoms. The second-order valence-electron chi connectivity index (χ2n) is 6.08. The Morgan fingerprint density at radius 1 is 1.44 bits per heavy atom. The van der Waals surface area contributed by atoms with Crippen LogP contribution < -0.4 is 5.73 Å². The maximum Gasteiger partial charge on any atom is 0.0331 e. The third-order valence-corrected chi connectivity index (χ3v) is 5.90. The molecule has 0 spiro atoms. The van der Waals surface area contributed by atoms with E-state index in [1.807, 2.05) is 11.3 Å². The number of nitrogens with two attached hydrogens (primary N) is 1. The summed E-state index contributed by atoms with van der Waals surface area (Å²) >= 11 is 1.92. The number of hydrogen-bond donors (Lipinski definition) is 1. The van der Waals surface area contributed by atoms with Gasteiger partial charge in [0.1, 0.15) is 0 Å². The summed E-state index contributed by atoms with van der Waals surface area (Å²) in [6, 6.07) is 2.90. The average molecular weight is 264 g/mol. The molecule has 3 rings (SSSR count). The summed E-state index contributed by atoms with van der Waals surface area (Å²) in [5.74, 6) is 0. The van der Waals surface area contributed by atoms with E-state index >= 15 is 0 Å².